The molecule has 0 saturated heterocycles. The first kappa shape index (κ1) is 35.1. The van der Waals surface area contributed by atoms with Crippen molar-refractivity contribution >= 4 is 85.4 Å². The van der Waals surface area contributed by atoms with E-state index in [1.165, 1.54) is 102 Å². The van der Waals surface area contributed by atoms with Crippen LogP contribution in [0.15, 0.2) is 11.8 Å². The van der Waals surface area contributed by atoms with Gasteiger partial charge in [0.15, 0.2) is 0 Å². The zero-order chi connectivity index (χ0) is 28.7. The van der Waals surface area contributed by atoms with E-state index in [1.807, 2.05) is 6.92 Å². The second-order valence-electron chi connectivity index (χ2n) is 11.9. The number of carbonyl (C=O) groups is 1. The summed E-state index contributed by atoms with van der Waals surface area (Å²) in [5.41, 5.74) is 1.12. The summed E-state index contributed by atoms with van der Waals surface area (Å²) in [6.07, 6.45) is 22.7. The van der Waals surface area contributed by atoms with E-state index in [1.54, 1.807) is 23.5 Å². The van der Waals surface area contributed by atoms with Gasteiger partial charge in [-0.2, -0.15) is 0 Å². The van der Waals surface area contributed by atoms with Crippen molar-refractivity contribution in [1.29, 1.82) is 0 Å². The van der Waals surface area contributed by atoms with Crippen LogP contribution in [-0.2, 0) is 22.2 Å². The molecule has 0 amide bonds. The first-order valence-corrected chi connectivity index (χ1v) is 19.9. The van der Waals surface area contributed by atoms with Crippen LogP contribution >= 0.6 is 59.7 Å². The molecule has 2 saturated carbocycles. The largest absolute Gasteiger partial charge is 0.458 e. The highest BCUT2D eigenvalue weighted by Gasteiger charge is 2.51. The van der Waals surface area contributed by atoms with Crippen LogP contribution in [-0.4, -0.2) is 42.4 Å². The van der Waals surface area contributed by atoms with Crippen LogP contribution in [0.3, 0.4) is 0 Å². The van der Waals surface area contributed by atoms with Crippen molar-refractivity contribution in [3.05, 3.63) is 11.8 Å². The second kappa shape index (κ2) is 19.8. The Kier molecular flexibility index (Phi) is 17.3. The molecule has 0 radical (unpaired) electrons. The van der Waals surface area contributed by atoms with Crippen LogP contribution in [0.2, 0.25) is 0 Å². The van der Waals surface area contributed by atoms with Gasteiger partial charge in [0.2, 0.25) is 3.53 Å². The molecule has 2 aliphatic carbocycles. The summed E-state index contributed by atoms with van der Waals surface area (Å²) in [5, 5.41) is 3.51. The van der Waals surface area contributed by atoms with Gasteiger partial charge in [0.1, 0.15) is 15.4 Å². The summed E-state index contributed by atoms with van der Waals surface area (Å²) in [5.74, 6) is 5.09. The van der Waals surface area contributed by atoms with Gasteiger partial charge in [-0.05, 0) is 74.8 Å². The van der Waals surface area contributed by atoms with E-state index < -0.39 is 0 Å². The second-order valence-corrected chi connectivity index (χ2v) is 18.5. The quantitative estimate of drug-likeness (QED) is 0.108. The van der Waals surface area contributed by atoms with Crippen LogP contribution in [0.4, 0.5) is 0 Å². The number of esters is 1. The standard InChI is InChI=1S/C31H51NO2S6/c1-3-18-39-31(37)40-22(2)29(33)34-21-24-20-27-25-16-10-6-4-8-13-23(15-12-19-38-30(35)36)14-9-5-7-11-17-26(25)28(27)32-24/h20,22-23,25-28,32H,3-19,21H2,1-2H3,(H,35,36)/p+1. The predicted octanol–water partition coefficient (Wildman–Crippen LogP) is 8.92. The van der Waals surface area contributed by atoms with E-state index in [0.717, 1.165) is 48.4 Å². The molecule has 0 aromatic carbocycles. The number of thiocarbonyl (C=S) groups is 2. The molecule has 6 atom stereocenters. The maximum Gasteiger partial charge on any atom is 0.319 e. The minimum atomic E-state index is -0.254. The van der Waals surface area contributed by atoms with Crippen molar-refractivity contribution in [2.45, 2.75) is 121 Å². The molecule has 0 aromatic rings. The average molecular weight is 663 g/mol. The number of fused-ring (bicyclic) bond motifs is 4. The third-order valence-corrected chi connectivity index (χ3v) is 13.3. The molecule has 1 heterocycles. The molecule has 3 nitrogen and oxygen atoms in total. The SMILES string of the molecule is CCCSC(=S)SC(C)C(=O)OCC1=CC2C3CCCCCCC(CCCSC(=S)[SH2+])CCCCCCC3C2N1. The molecule has 228 valence electrons. The molecule has 0 bridgehead atoms. The molecule has 3 aliphatic rings. The molecule has 0 spiro atoms. The highest BCUT2D eigenvalue weighted by molar-refractivity contribution is 8.47. The molecule has 6 unspecified atom stereocenters. The van der Waals surface area contributed by atoms with E-state index in [-0.39, 0.29) is 11.2 Å². The maximum absolute atomic E-state index is 12.6. The molecule has 1 aliphatic heterocycles. The van der Waals surface area contributed by atoms with Gasteiger partial charge in [-0.25, -0.2) is 0 Å². The molecular formula is C31H52NO2S6+. The summed E-state index contributed by atoms with van der Waals surface area (Å²) in [4.78, 5) is 12.6. The van der Waals surface area contributed by atoms with E-state index in [9.17, 15) is 4.79 Å². The molecule has 2 fully saturated rings. The molecule has 3 rings (SSSR count). The number of rotatable bonds is 10. The molecular weight excluding hydrogens is 611 g/mol. The third-order valence-electron chi connectivity index (χ3n) is 8.85. The Labute approximate surface area is 273 Å². The Morgan fingerprint density at radius 2 is 1.65 bits per heavy atom. The zero-order valence-corrected chi connectivity index (χ0v) is 29.7. The highest BCUT2D eigenvalue weighted by Crippen LogP contribution is 2.50. The fourth-order valence-electron chi connectivity index (χ4n) is 6.75. The van der Waals surface area contributed by atoms with Gasteiger partial charge >= 0.3 is 5.97 Å². The number of carbonyl (C=O) groups excluding carboxylic acids is 1. The smallest absolute Gasteiger partial charge is 0.319 e. The van der Waals surface area contributed by atoms with E-state index in [2.05, 4.69) is 30.9 Å². The van der Waals surface area contributed by atoms with Gasteiger partial charge in [-0.3, -0.25) is 4.79 Å². The summed E-state index contributed by atoms with van der Waals surface area (Å²) in [6, 6.07) is 0.550. The van der Waals surface area contributed by atoms with Crippen molar-refractivity contribution < 1.29 is 9.53 Å². The number of hydrogen-bond donors (Lipinski definition) is 1. The van der Waals surface area contributed by atoms with Crippen LogP contribution < -0.4 is 5.32 Å². The summed E-state index contributed by atoms with van der Waals surface area (Å²) >= 11 is 18.9. The number of nitrogens with one attached hydrogen (secondary N) is 1. The lowest BCUT2D eigenvalue weighted by Crippen LogP contribution is -2.54. The molecule has 0 aromatic heterocycles. The Balaban J connectivity index is 1.42. The topological polar surface area (TPSA) is 38.3 Å². The fraction of sp³-hybridized carbons (Fsp3) is 0.839. The van der Waals surface area contributed by atoms with Crippen molar-refractivity contribution in [3.63, 3.8) is 0 Å². The van der Waals surface area contributed by atoms with E-state index in [4.69, 9.17) is 29.2 Å². The van der Waals surface area contributed by atoms with Crippen molar-refractivity contribution in [3.8, 4) is 0 Å². The highest BCUT2D eigenvalue weighted by atomic mass is 32.2. The lowest BCUT2D eigenvalue weighted by Gasteiger charge is -2.49. The van der Waals surface area contributed by atoms with E-state index in [0.29, 0.717) is 18.6 Å². The Morgan fingerprint density at radius 1 is 1.00 bits per heavy atom. The molecule has 1 N–H and O–H groups in total. The minimum absolute atomic E-state index is 0.162. The van der Waals surface area contributed by atoms with Crippen LogP contribution in [0.1, 0.15) is 110 Å². The Hall–Kier alpha value is 0.590. The van der Waals surface area contributed by atoms with Crippen molar-refractivity contribution in [2.75, 3.05) is 18.1 Å². The zero-order valence-electron chi connectivity index (χ0n) is 24.6. The van der Waals surface area contributed by atoms with Crippen molar-refractivity contribution in [2.24, 2.45) is 23.7 Å². The van der Waals surface area contributed by atoms with Gasteiger partial charge in [-0.1, -0.05) is 113 Å². The summed E-state index contributed by atoms with van der Waals surface area (Å²) in [6.45, 7) is 4.41. The van der Waals surface area contributed by atoms with Gasteiger partial charge in [0.05, 0.1) is 0 Å². The Bertz CT molecular complexity index is 837. The van der Waals surface area contributed by atoms with Gasteiger partial charge in [-0.15, -0.1) is 11.8 Å². The van der Waals surface area contributed by atoms with Crippen LogP contribution in [0.25, 0.3) is 0 Å². The lowest BCUT2D eigenvalue weighted by molar-refractivity contribution is -0.141. The van der Waals surface area contributed by atoms with Crippen molar-refractivity contribution in [1.82, 2.24) is 5.32 Å². The van der Waals surface area contributed by atoms with Crippen LogP contribution in [0.5, 0.6) is 0 Å². The predicted molar refractivity (Wildman–Crippen MR) is 192 cm³/mol. The maximum atomic E-state index is 12.6. The molecule has 9 heteroatoms. The summed E-state index contributed by atoms with van der Waals surface area (Å²) in [7, 11) is 0. The minimum Gasteiger partial charge on any atom is -0.458 e. The summed E-state index contributed by atoms with van der Waals surface area (Å²) < 4.78 is 7.45. The third kappa shape index (κ3) is 12.3. The van der Waals surface area contributed by atoms with Gasteiger partial charge in [0, 0.05) is 36.0 Å². The first-order chi connectivity index (χ1) is 19.4. The Morgan fingerprint density at radius 3 is 2.30 bits per heavy atom. The van der Waals surface area contributed by atoms with Crippen LogP contribution in [0, 0.1) is 23.7 Å². The van der Waals surface area contributed by atoms with E-state index >= 15 is 0 Å². The van der Waals surface area contributed by atoms with Gasteiger partial charge in [0.25, 0.3) is 0 Å². The fourth-order valence-corrected chi connectivity index (χ4v) is 10.3. The molecule has 40 heavy (non-hydrogen) atoms. The van der Waals surface area contributed by atoms with Gasteiger partial charge < -0.3 is 10.1 Å². The number of ether oxygens (including phenoxy) is 1. The monoisotopic (exact) mass is 662 g/mol. The number of hydrogen-bond acceptors (Lipinski definition) is 8. The lowest BCUT2D eigenvalue weighted by atomic mass is 9.58. The normalized spacial score (nSPS) is 28.4. The first-order valence-electron chi connectivity index (χ1n) is 15.7. The average Bonchev–Trinajstić information content (AvgIpc) is 3.29. The number of thioether (sulfide) groups is 3.